The number of pyridine rings is 1. The van der Waals surface area contributed by atoms with E-state index in [4.69, 9.17) is 0 Å². The third-order valence-electron chi connectivity index (χ3n) is 7.74. The first kappa shape index (κ1) is 18.8. The average molecular weight is 447 g/mol. The highest BCUT2D eigenvalue weighted by atomic mass is 14.9. The van der Waals surface area contributed by atoms with Gasteiger partial charge in [0.05, 0.1) is 11.0 Å². The zero-order valence-corrected chi connectivity index (χ0v) is 19.4. The summed E-state index contributed by atoms with van der Waals surface area (Å²) in [6, 6.07) is 37.4. The normalized spacial score (nSPS) is 13.3. The van der Waals surface area contributed by atoms with Crippen molar-refractivity contribution in [3.8, 4) is 0 Å². The first-order valence-electron chi connectivity index (χ1n) is 12.1. The van der Waals surface area contributed by atoms with Gasteiger partial charge in [-0.1, -0.05) is 48.5 Å². The number of aryl methyl sites for hydroxylation is 1. The molecule has 0 aliphatic rings. The van der Waals surface area contributed by atoms with Crippen LogP contribution in [0.2, 0.25) is 0 Å². The second-order valence-electron chi connectivity index (χ2n) is 9.58. The van der Waals surface area contributed by atoms with Crippen molar-refractivity contribution in [2.75, 3.05) is 0 Å². The van der Waals surface area contributed by atoms with Crippen LogP contribution in [0.4, 0.5) is 0 Å². The van der Waals surface area contributed by atoms with Gasteiger partial charge < -0.3 is 4.40 Å². The fourth-order valence-corrected chi connectivity index (χ4v) is 6.27. The molecule has 0 saturated heterocycles. The smallest absolute Gasteiger partial charge is 0.217 e. The second kappa shape index (κ2) is 6.52. The minimum Gasteiger partial charge on any atom is -0.326 e. The molecule has 3 heterocycles. The van der Waals surface area contributed by atoms with Crippen LogP contribution in [-0.4, -0.2) is 0 Å². The molecule has 2 nitrogen and oxygen atoms in total. The van der Waals surface area contributed by atoms with E-state index in [2.05, 4.69) is 125 Å². The molecule has 0 N–H and O–H groups in total. The molecule has 0 spiro atoms. The van der Waals surface area contributed by atoms with E-state index in [1.165, 1.54) is 65.0 Å². The molecule has 8 rings (SSSR count). The predicted molar refractivity (Wildman–Crippen MR) is 144 cm³/mol. The Morgan fingerprint density at radius 1 is 0.714 bits per heavy atom. The summed E-state index contributed by atoms with van der Waals surface area (Å²) in [5, 5.41) is 11.4. The summed E-state index contributed by atoms with van der Waals surface area (Å²) in [7, 11) is 0. The average Bonchev–Trinajstić information content (AvgIpc) is 3.41. The first-order valence-corrected chi connectivity index (χ1v) is 12.1. The molecule has 0 radical (unpaired) electrons. The van der Waals surface area contributed by atoms with Crippen LogP contribution in [0, 0.1) is 24.2 Å². The Morgan fingerprint density at radius 2 is 1.46 bits per heavy atom. The van der Waals surface area contributed by atoms with Crippen LogP contribution in [0.15, 0.2) is 103 Å². The zero-order valence-electron chi connectivity index (χ0n) is 19.4. The molecule has 35 heavy (non-hydrogen) atoms. The van der Waals surface area contributed by atoms with Gasteiger partial charge in [-0.25, -0.2) is 0 Å². The van der Waals surface area contributed by atoms with Gasteiger partial charge in [0.25, 0.3) is 0 Å². The Bertz CT molecular complexity index is 2300. The Balaban J connectivity index is 1.80. The topological polar surface area (TPSA) is 10.0 Å². The van der Waals surface area contributed by atoms with E-state index in [9.17, 15) is 0 Å². The Morgan fingerprint density at radius 3 is 2.37 bits per heavy atom. The molecule has 0 atom stereocenters. The van der Waals surface area contributed by atoms with Crippen LogP contribution in [0.5, 0.6) is 0 Å². The Labute approximate surface area is 201 Å². The number of fused-ring (bicyclic) bond motifs is 9. The molecule has 0 aliphatic carbocycles. The van der Waals surface area contributed by atoms with Gasteiger partial charge >= 0.3 is 0 Å². The quantitative estimate of drug-likeness (QED) is 0.178. The number of hydrogen-bond donors (Lipinski definition) is 0. The lowest BCUT2D eigenvalue weighted by molar-refractivity contribution is -0.479. The predicted octanol–water partition coefficient (Wildman–Crippen LogP) is 6.87. The molecule has 2 heteroatoms. The summed E-state index contributed by atoms with van der Waals surface area (Å²) in [6.07, 6.45) is 0. The standard InChI is InChI=1S/C33H22N2/c1-20-19-26-24-12-6-8-14-28(24)35-32-23-11-5-3-9-21(23)15-17-25(32)31(33(26)35)30(20)29-18-16-22-10-4-7-13-27(22)34(29)2/h3-19H,2H2,1H3. The third-order valence-corrected chi connectivity index (χ3v) is 7.74. The summed E-state index contributed by atoms with van der Waals surface area (Å²) >= 11 is 0. The van der Waals surface area contributed by atoms with Crippen LogP contribution in [-0.2, 0) is 0 Å². The number of para-hydroxylation sites is 2. The highest BCUT2D eigenvalue weighted by molar-refractivity contribution is 6.22. The highest BCUT2D eigenvalue weighted by Gasteiger charge is 2.20. The van der Waals surface area contributed by atoms with Crippen molar-refractivity contribution in [2.45, 2.75) is 6.92 Å². The van der Waals surface area contributed by atoms with Crippen LogP contribution in [0.25, 0.3) is 59.8 Å². The maximum atomic E-state index is 4.50. The van der Waals surface area contributed by atoms with E-state index < -0.39 is 0 Å². The lowest BCUT2D eigenvalue weighted by Gasteiger charge is -2.06. The van der Waals surface area contributed by atoms with Crippen molar-refractivity contribution in [1.29, 1.82) is 0 Å². The first-order chi connectivity index (χ1) is 17.2. The SMILES string of the molecule is C=[n+]1c(=c2c(C)cc3c4cccc[c-]4[n+]4c3c2c2ccc3ccccc3[c-]24)ccc2ccccc21. The monoisotopic (exact) mass is 446 g/mol. The van der Waals surface area contributed by atoms with Crippen molar-refractivity contribution in [3.05, 3.63) is 126 Å². The van der Waals surface area contributed by atoms with Gasteiger partial charge in [-0.2, -0.15) is 22.4 Å². The van der Waals surface area contributed by atoms with Crippen LogP contribution >= 0.6 is 0 Å². The fourth-order valence-electron chi connectivity index (χ4n) is 6.27. The van der Waals surface area contributed by atoms with Crippen LogP contribution < -0.4 is 8.64 Å². The maximum absolute atomic E-state index is 4.50. The summed E-state index contributed by atoms with van der Waals surface area (Å²) in [6.45, 7) is 6.74. The van der Waals surface area contributed by atoms with Gasteiger partial charge in [0, 0.05) is 22.7 Å². The van der Waals surface area contributed by atoms with Crippen molar-refractivity contribution in [3.63, 3.8) is 0 Å². The van der Waals surface area contributed by atoms with Crippen molar-refractivity contribution < 1.29 is 8.64 Å². The lowest BCUT2D eigenvalue weighted by atomic mass is 9.99. The zero-order chi connectivity index (χ0) is 23.3. The molecule has 0 aliphatic heterocycles. The molecule has 5 aromatic carbocycles. The van der Waals surface area contributed by atoms with Crippen LogP contribution in [0.3, 0.4) is 0 Å². The van der Waals surface area contributed by atoms with Gasteiger partial charge in [0.2, 0.25) is 10.9 Å². The van der Waals surface area contributed by atoms with E-state index in [1.54, 1.807) is 0 Å². The molecule has 0 saturated carbocycles. The molecule has 8 aromatic rings. The van der Waals surface area contributed by atoms with Gasteiger partial charge in [-0.05, 0) is 46.2 Å². The van der Waals surface area contributed by atoms with Gasteiger partial charge in [-0.15, -0.1) is 22.9 Å². The van der Waals surface area contributed by atoms with E-state index >= 15 is 0 Å². The Hall–Kier alpha value is -4.56. The molecular formula is C33H22N2. The molecule has 0 fully saturated rings. The second-order valence-corrected chi connectivity index (χ2v) is 9.58. The van der Waals surface area contributed by atoms with E-state index in [-0.39, 0.29) is 0 Å². The summed E-state index contributed by atoms with van der Waals surface area (Å²) in [5.41, 5.74) is 6.24. The lowest BCUT2D eigenvalue weighted by Crippen LogP contribution is -2.18. The largest absolute Gasteiger partial charge is 0.326 e. The Kier molecular flexibility index (Phi) is 3.51. The minimum atomic E-state index is 1.13. The summed E-state index contributed by atoms with van der Waals surface area (Å²) in [4.78, 5) is 0. The van der Waals surface area contributed by atoms with Crippen molar-refractivity contribution >= 4 is 59.8 Å². The number of rotatable bonds is 0. The molecule has 0 bridgehead atoms. The maximum Gasteiger partial charge on any atom is 0.217 e. The highest BCUT2D eigenvalue weighted by Crippen LogP contribution is 2.38. The molecule has 3 aromatic heterocycles. The van der Waals surface area contributed by atoms with Crippen molar-refractivity contribution in [1.82, 2.24) is 0 Å². The fraction of sp³-hybridized carbons (Fsp3) is 0.0303. The van der Waals surface area contributed by atoms with Crippen molar-refractivity contribution in [2.24, 2.45) is 0 Å². The molecule has 0 amide bonds. The number of benzene rings is 5. The minimum absolute atomic E-state index is 1.13. The summed E-state index contributed by atoms with van der Waals surface area (Å²) < 4.78 is 4.60. The summed E-state index contributed by atoms with van der Waals surface area (Å²) in [5.74, 6) is 0. The number of nitrogens with zero attached hydrogens (tertiary/aromatic N) is 2. The third kappa shape index (κ3) is 2.29. The molecule has 164 valence electrons. The van der Waals surface area contributed by atoms with Gasteiger partial charge in [-0.3, -0.25) is 0 Å². The van der Waals surface area contributed by atoms with Gasteiger partial charge in [0.15, 0.2) is 0 Å². The van der Waals surface area contributed by atoms with Gasteiger partial charge in [0.1, 0.15) is 12.2 Å². The van der Waals surface area contributed by atoms with E-state index in [1.807, 2.05) is 0 Å². The van der Waals surface area contributed by atoms with E-state index in [0.29, 0.717) is 0 Å². The van der Waals surface area contributed by atoms with Crippen LogP contribution in [0.1, 0.15) is 5.56 Å². The molecular weight excluding hydrogens is 424 g/mol. The molecule has 0 unspecified atom stereocenters. The number of aromatic nitrogens is 2. The number of hydrogen-bond acceptors (Lipinski definition) is 0. The van der Waals surface area contributed by atoms with E-state index in [0.717, 1.165) is 10.9 Å².